The van der Waals surface area contributed by atoms with Crippen molar-refractivity contribution in [2.45, 2.75) is 13.0 Å². The van der Waals surface area contributed by atoms with Gasteiger partial charge in [-0.1, -0.05) is 35.3 Å². The van der Waals surface area contributed by atoms with E-state index in [2.05, 4.69) is 5.32 Å². The van der Waals surface area contributed by atoms with Gasteiger partial charge in [-0.2, -0.15) is 0 Å². The lowest BCUT2D eigenvalue weighted by Crippen LogP contribution is -2.28. The van der Waals surface area contributed by atoms with Crippen LogP contribution < -0.4 is 10.1 Å². The van der Waals surface area contributed by atoms with E-state index in [4.69, 9.17) is 27.9 Å². The number of nitrogens with zero attached hydrogens (tertiary/aromatic N) is 1. The summed E-state index contributed by atoms with van der Waals surface area (Å²) in [5, 5.41) is 3.88. The molecule has 0 aliphatic carbocycles. The Morgan fingerprint density at radius 1 is 1.23 bits per heavy atom. The van der Waals surface area contributed by atoms with Gasteiger partial charge in [-0.3, -0.25) is 9.59 Å². The number of methoxy groups -OCH3 is 1. The molecule has 1 aliphatic rings. The van der Waals surface area contributed by atoms with Gasteiger partial charge in [0.05, 0.1) is 18.1 Å². The van der Waals surface area contributed by atoms with Crippen molar-refractivity contribution >= 4 is 40.7 Å². The van der Waals surface area contributed by atoms with Gasteiger partial charge >= 0.3 is 0 Å². The number of carbonyl (C=O) groups is 2. The number of nitrogens with one attached hydrogen (secondary N) is 1. The van der Waals surface area contributed by atoms with Crippen molar-refractivity contribution in [3.8, 4) is 5.75 Å². The molecule has 26 heavy (non-hydrogen) atoms. The van der Waals surface area contributed by atoms with Gasteiger partial charge in [-0.25, -0.2) is 0 Å². The van der Waals surface area contributed by atoms with Gasteiger partial charge in [-0.15, -0.1) is 0 Å². The van der Waals surface area contributed by atoms with Gasteiger partial charge in [-0.05, 0) is 35.9 Å². The fourth-order valence-electron chi connectivity index (χ4n) is 2.90. The molecule has 136 valence electrons. The molecule has 0 aromatic heterocycles. The molecule has 1 saturated heterocycles. The van der Waals surface area contributed by atoms with Crippen molar-refractivity contribution in [3.63, 3.8) is 0 Å². The number of hydrogen-bond acceptors (Lipinski definition) is 3. The number of anilines is 1. The third-order valence-corrected chi connectivity index (χ3v) is 4.84. The lowest BCUT2D eigenvalue weighted by molar-refractivity contribution is -0.128. The van der Waals surface area contributed by atoms with Crippen molar-refractivity contribution in [1.29, 1.82) is 0 Å². The summed E-state index contributed by atoms with van der Waals surface area (Å²) in [6, 6.07) is 12.4. The lowest BCUT2D eigenvalue weighted by atomic mass is 10.1. The second-order valence-electron chi connectivity index (χ2n) is 6.14. The van der Waals surface area contributed by atoms with Crippen LogP contribution in [0.2, 0.25) is 10.0 Å². The van der Waals surface area contributed by atoms with Gasteiger partial charge in [0, 0.05) is 30.2 Å². The predicted molar refractivity (Wildman–Crippen MR) is 102 cm³/mol. The zero-order valence-corrected chi connectivity index (χ0v) is 15.7. The number of rotatable bonds is 5. The summed E-state index contributed by atoms with van der Waals surface area (Å²) >= 11 is 12.0. The summed E-state index contributed by atoms with van der Waals surface area (Å²) in [6.45, 7) is 0.853. The first-order valence-corrected chi connectivity index (χ1v) is 8.88. The third kappa shape index (κ3) is 4.29. The molecule has 1 unspecified atom stereocenters. The predicted octanol–water partition coefficient (Wildman–Crippen LogP) is 3.99. The third-order valence-electron chi connectivity index (χ3n) is 4.29. The van der Waals surface area contributed by atoms with Crippen LogP contribution in [-0.4, -0.2) is 30.4 Å². The van der Waals surface area contributed by atoms with E-state index in [0.29, 0.717) is 34.6 Å². The quantitative estimate of drug-likeness (QED) is 0.836. The molecule has 1 heterocycles. The largest absolute Gasteiger partial charge is 0.495 e. The number of likely N-dealkylation sites (tertiary alicyclic amines) is 1. The number of carbonyl (C=O) groups excluding carboxylic acids is 2. The van der Waals surface area contributed by atoms with Gasteiger partial charge in [0.2, 0.25) is 11.8 Å². The number of halogens is 2. The molecule has 5 nitrogen and oxygen atoms in total. The topological polar surface area (TPSA) is 58.6 Å². The number of amides is 2. The minimum absolute atomic E-state index is 0.0344. The number of ether oxygens (including phenoxy) is 1. The van der Waals surface area contributed by atoms with Crippen LogP contribution in [0.25, 0.3) is 0 Å². The highest BCUT2D eigenvalue weighted by atomic mass is 35.5. The molecular formula is C19H18Cl2N2O3. The summed E-state index contributed by atoms with van der Waals surface area (Å²) < 4.78 is 5.09. The first kappa shape index (κ1) is 18.5. The van der Waals surface area contributed by atoms with Crippen LogP contribution in [0.3, 0.4) is 0 Å². The van der Waals surface area contributed by atoms with Crippen LogP contribution in [-0.2, 0) is 16.1 Å². The Morgan fingerprint density at radius 2 is 1.96 bits per heavy atom. The normalized spacial score (nSPS) is 16.7. The van der Waals surface area contributed by atoms with E-state index in [1.165, 1.54) is 7.11 Å². The minimum atomic E-state index is -0.393. The Balaban J connectivity index is 1.61. The molecule has 1 N–H and O–H groups in total. The van der Waals surface area contributed by atoms with Crippen molar-refractivity contribution in [2.75, 3.05) is 19.0 Å². The maximum Gasteiger partial charge on any atom is 0.229 e. The zero-order chi connectivity index (χ0) is 18.7. The minimum Gasteiger partial charge on any atom is -0.495 e. The van der Waals surface area contributed by atoms with E-state index in [9.17, 15) is 9.59 Å². The molecule has 3 rings (SSSR count). The second kappa shape index (κ2) is 7.98. The van der Waals surface area contributed by atoms with Gasteiger partial charge in [0.1, 0.15) is 5.75 Å². The van der Waals surface area contributed by atoms with Crippen molar-refractivity contribution in [2.24, 2.45) is 5.92 Å². The molecule has 2 aromatic rings. The molecule has 0 saturated carbocycles. The van der Waals surface area contributed by atoms with E-state index in [-0.39, 0.29) is 18.2 Å². The van der Waals surface area contributed by atoms with Gasteiger partial charge in [0.25, 0.3) is 0 Å². The first-order chi connectivity index (χ1) is 12.5. The zero-order valence-electron chi connectivity index (χ0n) is 14.2. The van der Waals surface area contributed by atoms with Crippen molar-refractivity contribution in [1.82, 2.24) is 4.90 Å². The molecule has 2 aromatic carbocycles. The summed E-state index contributed by atoms with van der Waals surface area (Å²) in [5.74, 6) is -0.0865. The summed E-state index contributed by atoms with van der Waals surface area (Å²) in [6.07, 6.45) is 0.198. The monoisotopic (exact) mass is 392 g/mol. The smallest absolute Gasteiger partial charge is 0.229 e. The standard InChI is InChI=1S/C19H18Cl2N2O3/c1-26-17-7-6-15(9-16(17)21)22-19(25)13-8-18(24)23(11-13)10-12-2-4-14(20)5-3-12/h2-7,9,13H,8,10-11H2,1H3,(H,22,25). The Kier molecular flexibility index (Phi) is 5.69. The average molecular weight is 393 g/mol. The summed E-state index contributed by atoms with van der Waals surface area (Å²) in [5.41, 5.74) is 1.55. The Labute approximate surface area is 161 Å². The fraction of sp³-hybridized carbons (Fsp3) is 0.263. The molecule has 2 amide bonds. The Bertz CT molecular complexity index is 824. The van der Waals surface area contributed by atoms with E-state index >= 15 is 0 Å². The van der Waals surface area contributed by atoms with Crippen LogP contribution in [0, 0.1) is 5.92 Å². The molecule has 1 fully saturated rings. The molecule has 0 spiro atoms. The second-order valence-corrected chi connectivity index (χ2v) is 6.98. The molecule has 1 atom stereocenters. The molecule has 0 bridgehead atoms. The van der Waals surface area contributed by atoms with Crippen LogP contribution in [0.5, 0.6) is 5.75 Å². The Morgan fingerprint density at radius 3 is 2.62 bits per heavy atom. The molecule has 1 aliphatic heterocycles. The maximum absolute atomic E-state index is 12.5. The highest BCUT2D eigenvalue weighted by Gasteiger charge is 2.34. The summed E-state index contributed by atoms with van der Waals surface area (Å²) in [4.78, 5) is 26.4. The highest BCUT2D eigenvalue weighted by Crippen LogP contribution is 2.28. The molecular weight excluding hydrogens is 375 g/mol. The maximum atomic E-state index is 12.5. The van der Waals surface area contributed by atoms with Crippen molar-refractivity contribution < 1.29 is 14.3 Å². The Hall–Kier alpha value is -2.24. The van der Waals surface area contributed by atoms with Crippen molar-refractivity contribution in [3.05, 3.63) is 58.1 Å². The van der Waals surface area contributed by atoms with Crippen LogP contribution in [0.4, 0.5) is 5.69 Å². The molecule has 0 radical (unpaired) electrons. The van der Waals surface area contributed by atoms with Crippen LogP contribution >= 0.6 is 23.2 Å². The van der Waals surface area contributed by atoms with E-state index in [0.717, 1.165) is 5.56 Å². The number of hydrogen-bond donors (Lipinski definition) is 1. The molecule has 7 heteroatoms. The SMILES string of the molecule is COc1ccc(NC(=O)C2CC(=O)N(Cc3ccc(Cl)cc3)C2)cc1Cl. The fourth-order valence-corrected chi connectivity index (χ4v) is 3.28. The first-order valence-electron chi connectivity index (χ1n) is 8.13. The van der Waals surface area contributed by atoms with Gasteiger partial charge < -0.3 is 15.0 Å². The average Bonchev–Trinajstić information content (AvgIpc) is 2.98. The van der Waals surface area contributed by atoms with Crippen LogP contribution in [0.1, 0.15) is 12.0 Å². The van der Waals surface area contributed by atoms with E-state index in [1.807, 2.05) is 12.1 Å². The van der Waals surface area contributed by atoms with E-state index < -0.39 is 5.92 Å². The highest BCUT2D eigenvalue weighted by molar-refractivity contribution is 6.32. The van der Waals surface area contributed by atoms with E-state index in [1.54, 1.807) is 35.2 Å². The number of benzene rings is 2. The summed E-state index contributed by atoms with van der Waals surface area (Å²) in [7, 11) is 1.53. The van der Waals surface area contributed by atoms with Crippen LogP contribution in [0.15, 0.2) is 42.5 Å². The van der Waals surface area contributed by atoms with Gasteiger partial charge in [0.15, 0.2) is 0 Å². The lowest BCUT2D eigenvalue weighted by Gasteiger charge is -2.17.